The largest absolute Gasteiger partial charge is 0.294 e. The molecule has 4 heteroatoms. The highest BCUT2D eigenvalue weighted by Gasteiger charge is 2.25. The number of Topliss-reactive ketones (excluding diaryl/α,β-unsaturated/α-hetero) is 1. The Labute approximate surface area is 105 Å². The number of hydrogen-bond acceptors (Lipinski definition) is 1. The van der Waals surface area contributed by atoms with Crippen LogP contribution in [0.2, 0.25) is 0 Å². The summed E-state index contributed by atoms with van der Waals surface area (Å²) in [4.78, 5) is 11.9. The van der Waals surface area contributed by atoms with Crippen molar-refractivity contribution in [1.29, 1.82) is 0 Å². The molecule has 18 heavy (non-hydrogen) atoms. The first-order chi connectivity index (χ1) is 8.14. The first-order valence-electron chi connectivity index (χ1n) is 5.81. The lowest BCUT2D eigenvalue weighted by Gasteiger charge is -2.26. The highest BCUT2D eigenvalue weighted by molar-refractivity contribution is 5.96. The van der Waals surface area contributed by atoms with Gasteiger partial charge in [0, 0.05) is 6.42 Å². The van der Waals surface area contributed by atoms with E-state index in [-0.39, 0.29) is 23.3 Å². The van der Waals surface area contributed by atoms with Gasteiger partial charge in [0.05, 0.1) is 5.56 Å². The third-order valence-corrected chi connectivity index (χ3v) is 3.31. The summed E-state index contributed by atoms with van der Waals surface area (Å²) < 4.78 is 39.2. The molecule has 0 aliphatic heterocycles. The van der Waals surface area contributed by atoms with Gasteiger partial charge in [0.1, 0.15) is 0 Å². The minimum Gasteiger partial charge on any atom is -0.294 e. The lowest BCUT2D eigenvalue weighted by molar-refractivity contribution is 0.0922. The monoisotopic (exact) mass is 258 g/mol. The summed E-state index contributed by atoms with van der Waals surface area (Å²) in [5.41, 5.74) is -0.491. The molecule has 0 aromatic heterocycles. The number of carbonyl (C=O) groups is 1. The van der Waals surface area contributed by atoms with E-state index in [1.165, 1.54) is 0 Å². The van der Waals surface area contributed by atoms with Gasteiger partial charge in [-0.15, -0.1) is 0 Å². The van der Waals surface area contributed by atoms with Gasteiger partial charge in [-0.2, -0.15) is 0 Å². The Kier molecular flexibility index (Phi) is 4.20. The fraction of sp³-hybridized carbons (Fsp3) is 0.500. The standard InChI is InChI=1S/C14H17F3O/c1-8(14(2,3)4)7-11(18)9-5-6-10(15)13(17)12(9)16/h5-6,8H,7H2,1-4H3. The lowest BCUT2D eigenvalue weighted by atomic mass is 9.78. The first-order valence-corrected chi connectivity index (χ1v) is 5.81. The van der Waals surface area contributed by atoms with E-state index < -0.39 is 23.2 Å². The van der Waals surface area contributed by atoms with Crippen molar-refractivity contribution in [1.82, 2.24) is 0 Å². The highest BCUT2D eigenvalue weighted by Crippen LogP contribution is 2.29. The van der Waals surface area contributed by atoms with Crippen molar-refractivity contribution in [3.63, 3.8) is 0 Å². The molecule has 1 aromatic rings. The van der Waals surface area contributed by atoms with Crippen LogP contribution in [0, 0.1) is 28.8 Å². The maximum atomic E-state index is 13.4. The molecule has 1 nitrogen and oxygen atoms in total. The second-order valence-electron chi connectivity index (χ2n) is 5.62. The molecule has 0 saturated heterocycles. The fourth-order valence-electron chi connectivity index (χ4n) is 1.44. The Morgan fingerprint density at radius 1 is 1.17 bits per heavy atom. The molecule has 1 unspecified atom stereocenters. The van der Waals surface area contributed by atoms with Gasteiger partial charge in [-0.1, -0.05) is 27.7 Å². The van der Waals surface area contributed by atoms with E-state index in [2.05, 4.69) is 0 Å². The Bertz CT molecular complexity index is 461. The number of rotatable bonds is 3. The van der Waals surface area contributed by atoms with Crippen molar-refractivity contribution in [3.05, 3.63) is 35.1 Å². The van der Waals surface area contributed by atoms with Crippen LogP contribution < -0.4 is 0 Å². The molecule has 1 aromatic carbocycles. The second-order valence-corrected chi connectivity index (χ2v) is 5.62. The van der Waals surface area contributed by atoms with Crippen molar-refractivity contribution in [2.45, 2.75) is 34.1 Å². The van der Waals surface area contributed by atoms with E-state index in [0.717, 1.165) is 12.1 Å². The molecule has 0 amide bonds. The molecule has 1 rings (SSSR count). The fourth-order valence-corrected chi connectivity index (χ4v) is 1.44. The van der Waals surface area contributed by atoms with E-state index >= 15 is 0 Å². The summed E-state index contributed by atoms with van der Waals surface area (Å²) in [5.74, 6) is -4.77. The zero-order valence-corrected chi connectivity index (χ0v) is 11.0. The average Bonchev–Trinajstić information content (AvgIpc) is 2.24. The van der Waals surface area contributed by atoms with Crippen LogP contribution >= 0.6 is 0 Å². The topological polar surface area (TPSA) is 17.1 Å². The Morgan fingerprint density at radius 2 is 1.72 bits per heavy atom. The smallest absolute Gasteiger partial charge is 0.195 e. The van der Waals surface area contributed by atoms with Gasteiger partial charge < -0.3 is 0 Å². The molecule has 0 saturated carbocycles. The third kappa shape index (κ3) is 3.12. The molecular weight excluding hydrogens is 241 g/mol. The van der Waals surface area contributed by atoms with E-state index in [1.54, 1.807) is 0 Å². The normalized spacial score (nSPS) is 13.5. The lowest BCUT2D eigenvalue weighted by Crippen LogP contribution is -2.21. The highest BCUT2D eigenvalue weighted by atomic mass is 19.2. The molecule has 0 radical (unpaired) electrons. The van der Waals surface area contributed by atoms with Gasteiger partial charge in [-0.3, -0.25) is 4.79 Å². The number of hydrogen-bond donors (Lipinski definition) is 0. The summed E-state index contributed by atoms with van der Waals surface area (Å²) in [6, 6.07) is 1.76. The van der Waals surface area contributed by atoms with Gasteiger partial charge in [-0.05, 0) is 23.5 Å². The van der Waals surface area contributed by atoms with Gasteiger partial charge in [0.25, 0.3) is 0 Å². The molecule has 0 N–H and O–H groups in total. The second kappa shape index (κ2) is 5.12. The van der Waals surface area contributed by atoms with Gasteiger partial charge in [0.2, 0.25) is 0 Å². The first kappa shape index (κ1) is 14.7. The minimum atomic E-state index is -1.59. The average molecular weight is 258 g/mol. The van der Waals surface area contributed by atoms with Crippen molar-refractivity contribution in [2.75, 3.05) is 0 Å². The predicted molar refractivity (Wildman–Crippen MR) is 63.9 cm³/mol. The van der Waals surface area contributed by atoms with Crippen LogP contribution in [0.4, 0.5) is 13.2 Å². The molecule has 0 heterocycles. The van der Waals surface area contributed by atoms with Gasteiger partial charge in [-0.25, -0.2) is 13.2 Å². The minimum absolute atomic E-state index is 0.0116. The Balaban J connectivity index is 2.96. The van der Waals surface area contributed by atoms with E-state index in [0.29, 0.717) is 0 Å². The maximum Gasteiger partial charge on any atom is 0.195 e. The van der Waals surface area contributed by atoms with Crippen LogP contribution in [0.15, 0.2) is 12.1 Å². The molecule has 100 valence electrons. The van der Waals surface area contributed by atoms with Crippen molar-refractivity contribution in [2.24, 2.45) is 11.3 Å². The van der Waals surface area contributed by atoms with Crippen molar-refractivity contribution >= 4 is 5.78 Å². The van der Waals surface area contributed by atoms with Crippen LogP contribution in [0.3, 0.4) is 0 Å². The number of benzene rings is 1. The van der Waals surface area contributed by atoms with Crippen molar-refractivity contribution in [3.8, 4) is 0 Å². The van der Waals surface area contributed by atoms with Crippen LogP contribution in [0.1, 0.15) is 44.5 Å². The molecule has 0 aliphatic rings. The SMILES string of the molecule is CC(CC(=O)c1ccc(F)c(F)c1F)C(C)(C)C. The number of carbonyl (C=O) groups excluding carboxylic acids is 1. The molecule has 0 fully saturated rings. The quantitative estimate of drug-likeness (QED) is 0.581. The van der Waals surface area contributed by atoms with E-state index in [4.69, 9.17) is 0 Å². The molecular formula is C14H17F3O. The van der Waals surface area contributed by atoms with Gasteiger partial charge >= 0.3 is 0 Å². The third-order valence-electron chi connectivity index (χ3n) is 3.31. The maximum absolute atomic E-state index is 13.4. The molecule has 0 spiro atoms. The van der Waals surface area contributed by atoms with Crippen LogP contribution in [0.25, 0.3) is 0 Å². The summed E-state index contributed by atoms with van der Waals surface area (Å²) in [5, 5.41) is 0. The molecule has 0 bridgehead atoms. The summed E-state index contributed by atoms with van der Waals surface area (Å²) in [6.07, 6.45) is 0.103. The number of halogens is 3. The van der Waals surface area contributed by atoms with Gasteiger partial charge in [0.15, 0.2) is 23.2 Å². The van der Waals surface area contributed by atoms with E-state index in [9.17, 15) is 18.0 Å². The number of ketones is 1. The summed E-state index contributed by atoms with van der Waals surface area (Å²) in [7, 11) is 0. The zero-order valence-electron chi connectivity index (χ0n) is 11.0. The predicted octanol–water partition coefficient (Wildman–Crippen LogP) is 4.36. The summed E-state index contributed by atoms with van der Waals surface area (Å²) in [6.45, 7) is 7.77. The van der Waals surface area contributed by atoms with Crippen LogP contribution in [0.5, 0.6) is 0 Å². The summed E-state index contributed by atoms with van der Waals surface area (Å²) >= 11 is 0. The zero-order chi connectivity index (χ0) is 14.1. The van der Waals surface area contributed by atoms with Crippen molar-refractivity contribution < 1.29 is 18.0 Å². The van der Waals surface area contributed by atoms with E-state index in [1.807, 2.05) is 27.7 Å². The molecule has 1 atom stereocenters. The van der Waals surface area contributed by atoms with Crippen LogP contribution in [-0.2, 0) is 0 Å². The Hall–Kier alpha value is -1.32. The Morgan fingerprint density at radius 3 is 2.22 bits per heavy atom. The molecule has 0 aliphatic carbocycles. The van der Waals surface area contributed by atoms with Crippen LogP contribution in [-0.4, -0.2) is 5.78 Å².